The van der Waals surface area contributed by atoms with Crippen molar-refractivity contribution in [3.05, 3.63) is 48.7 Å². The monoisotopic (exact) mass is 248 g/mol. The van der Waals surface area contributed by atoms with Gasteiger partial charge in [-0.15, -0.1) is 0 Å². The Balaban J connectivity index is 2.01. The van der Waals surface area contributed by atoms with Crippen LogP contribution in [0.2, 0.25) is 0 Å². The van der Waals surface area contributed by atoms with Crippen molar-refractivity contribution in [1.29, 1.82) is 0 Å². The second-order valence-corrected chi connectivity index (χ2v) is 4.61. The standard InChI is InChI=1S/C15H12N4/c16-10-4-5-12-13(8-10)19-15(18-12)11-3-1-2-9-6-7-17-14(9)11/h1-8,17H,16H2,(H,18,19). The molecule has 4 rings (SSSR count). The summed E-state index contributed by atoms with van der Waals surface area (Å²) in [7, 11) is 0. The van der Waals surface area contributed by atoms with Gasteiger partial charge in [0.1, 0.15) is 5.82 Å². The van der Waals surface area contributed by atoms with Crippen LogP contribution in [0.5, 0.6) is 0 Å². The Morgan fingerprint density at radius 2 is 2.00 bits per heavy atom. The van der Waals surface area contributed by atoms with E-state index in [1.54, 1.807) is 0 Å². The third-order valence-electron chi connectivity index (χ3n) is 3.35. The van der Waals surface area contributed by atoms with E-state index < -0.39 is 0 Å². The summed E-state index contributed by atoms with van der Waals surface area (Å²) in [6, 6.07) is 13.9. The van der Waals surface area contributed by atoms with Crippen LogP contribution in [0.25, 0.3) is 33.3 Å². The molecule has 2 heterocycles. The lowest BCUT2D eigenvalue weighted by Crippen LogP contribution is -1.82. The molecule has 4 N–H and O–H groups in total. The van der Waals surface area contributed by atoms with Crippen molar-refractivity contribution >= 4 is 27.6 Å². The van der Waals surface area contributed by atoms with Crippen LogP contribution in [0.4, 0.5) is 5.69 Å². The maximum atomic E-state index is 5.79. The maximum absolute atomic E-state index is 5.79. The molecule has 0 aliphatic rings. The SMILES string of the molecule is Nc1ccc2nc(-c3cccc4cc[nH]c34)[nH]c2c1. The van der Waals surface area contributed by atoms with Gasteiger partial charge in [0.15, 0.2) is 0 Å². The molecular formula is C15H12N4. The van der Waals surface area contributed by atoms with Crippen LogP contribution in [-0.4, -0.2) is 15.0 Å². The van der Waals surface area contributed by atoms with Crippen molar-refractivity contribution in [3.63, 3.8) is 0 Å². The van der Waals surface area contributed by atoms with E-state index in [2.05, 4.69) is 33.2 Å². The fraction of sp³-hybridized carbons (Fsp3) is 0. The molecule has 92 valence electrons. The first kappa shape index (κ1) is 10.2. The van der Waals surface area contributed by atoms with Crippen molar-refractivity contribution in [3.8, 4) is 11.4 Å². The molecule has 0 atom stereocenters. The molecule has 0 saturated heterocycles. The second kappa shape index (κ2) is 3.62. The molecule has 0 bridgehead atoms. The van der Waals surface area contributed by atoms with E-state index in [9.17, 15) is 0 Å². The van der Waals surface area contributed by atoms with Crippen LogP contribution in [0, 0.1) is 0 Å². The number of nitrogens with zero attached hydrogens (tertiary/aromatic N) is 1. The third kappa shape index (κ3) is 1.50. The number of nitrogens with one attached hydrogen (secondary N) is 2. The van der Waals surface area contributed by atoms with Crippen LogP contribution >= 0.6 is 0 Å². The topological polar surface area (TPSA) is 70.5 Å². The zero-order valence-electron chi connectivity index (χ0n) is 10.1. The summed E-state index contributed by atoms with van der Waals surface area (Å²) in [6.45, 7) is 0. The first-order valence-electron chi connectivity index (χ1n) is 6.13. The van der Waals surface area contributed by atoms with E-state index in [4.69, 9.17) is 5.73 Å². The van der Waals surface area contributed by atoms with Crippen molar-refractivity contribution in [2.45, 2.75) is 0 Å². The van der Waals surface area contributed by atoms with Gasteiger partial charge in [0, 0.05) is 22.8 Å². The molecule has 2 aromatic heterocycles. The number of nitrogen functional groups attached to an aromatic ring is 1. The number of anilines is 1. The lowest BCUT2D eigenvalue weighted by Gasteiger charge is -1.98. The summed E-state index contributed by atoms with van der Waals surface area (Å²) >= 11 is 0. The Kier molecular flexibility index (Phi) is 1.94. The summed E-state index contributed by atoms with van der Waals surface area (Å²) in [5.41, 5.74) is 10.6. The van der Waals surface area contributed by atoms with Gasteiger partial charge >= 0.3 is 0 Å². The zero-order valence-corrected chi connectivity index (χ0v) is 10.1. The number of hydrogen-bond acceptors (Lipinski definition) is 2. The fourth-order valence-electron chi connectivity index (χ4n) is 2.44. The second-order valence-electron chi connectivity index (χ2n) is 4.61. The minimum absolute atomic E-state index is 0.737. The van der Waals surface area contributed by atoms with Crippen LogP contribution < -0.4 is 5.73 Å². The van der Waals surface area contributed by atoms with Gasteiger partial charge in [0.2, 0.25) is 0 Å². The average Bonchev–Trinajstić information content (AvgIpc) is 3.03. The smallest absolute Gasteiger partial charge is 0.140 e. The Bertz CT molecular complexity index is 885. The summed E-state index contributed by atoms with van der Waals surface area (Å²) in [5.74, 6) is 0.855. The number of para-hydroxylation sites is 1. The number of aromatic amines is 2. The lowest BCUT2D eigenvalue weighted by molar-refractivity contribution is 1.33. The number of imidazole rings is 1. The average molecular weight is 248 g/mol. The highest BCUT2D eigenvalue weighted by Crippen LogP contribution is 2.27. The first-order valence-corrected chi connectivity index (χ1v) is 6.13. The summed E-state index contributed by atoms with van der Waals surface area (Å²) in [4.78, 5) is 11.2. The summed E-state index contributed by atoms with van der Waals surface area (Å²) < 4.78 is 0. The maximum Gasteiger partial charge on any atom is 0.140 e. The number of rotatable bonds is 1. The predicted molar refractivity (Wildman–Crippen MR) is 77.8 cm³/mol. The van der Waals surface area contributed by atoms with E-state index in [-0.39, 0.29) is 0 Å². The van der Waals surface area contributed by atoms with Crippen molar-refractivity contribution in [2.75, 3.05) is 5.73 Å². The van der Waals surface area contributed by atoms with Crippen LogP contribution in [0.15, 0.2) is 48.7 Å². The van der Waals surface area contributed by atoms with Gasteiger partial charge in [-0.3, -0.25) is 0 Å². The van der Waals surface area contributed by atoms with Gasteiger partial charge in [-0.2, -0.15) is 0 Å². The van der Waals surface area contributed by atoms with Crippen molar-refractivity contribution in [1.82, 2.24) is 15.0 Å². The van der Waals surface area contributed by atoms with Gasteiger partial charge in [0.25, 0.3) is 0 Å². The van der Waals surface area contributed by atoms with Gasteiger partial charge in [-0.1, -0.05) is 12.1 Å². The molecule has 2 aromatic carbocycles. The number of benzene rings is 2. The number of H-pyrrole nitrogens is 2. The van der Waals surface area contributed by atoms with E-state index >= 15 is 0 Å². The molecule has 0 amide bonds. The molecule has 0 unspecified atom stereocenters. The number of hydrogen-bond donors (Lipinski definition) is 3. The molecule has 0 saturated carbocycles. The van der Waals surface area contributed by atoms with Gasteiger partial charge in [-0.05, 0) is 30.3 Å². The molecule has 19 heavy (non-hydrogen) atoms. The highest BCUT2D eigenvalue weighted by atomic mass is 14.9. The quantitative estimate of drug-likeness (QED) is 0.452. The van der Waals surface area contributed by atoms with Crippen LogP contribution in [0.1, 0.15) is 0 Å². The van der Waals surface area contributed by atoms with Gasteiger partial charge in [-0.25, -0.2) is 4.98 Å². The summed E-state index contributed by atoms with van der Waals surface area (Å²) in [5, 5.41) is 1.18. The molecule has 0 radical (unpaired) electrons. The first-order chi connectivity index (χ1) is 9.31. The highest BCUT2D eigenvalue weighted by Gasteiger charge is 2.09. The molecule has 0 aliphatic carbocycles. The Hall–Kier alpha value is -2.75. The highest BCUT2D eigenvalue weighted by molar-refractivity contribution is 5.94. The molecule has 4 nitrogen and oxygen atoms in total. The molecule has 4 aromatic rings. The van der Waals surface area contributed by atoms with E-state index in [1.165, 1.54) is 5.39 Å². The van der Waals surface area contributed by atoms with Crippen molar-refractivity contribution in [2.24, 2.45) is 0 Å². The zero-order chi connectivity index (χ0) is 12.8. The predicted octanol–water partition coefficient (Wildman–Crippen LogP) is 3.29. The Labute approximate surface area is 109 Å². The minimum Gasteiger partial charge on any atom is -0.399 e. The molecule has 0 aliphatic heterocycles. The van der Waals surface area contributed by atoms with Crippen LogP contribution in [0.3, 0.4) is 0 Å². The molecular weight excluding hydrogens is 236 g/mol. The molecule has 0 spiro atoms. The van der Waals surface area contributed by atoms with E-state index in [1.807, 2.05) is 30.5 Å². The number of nitrogens with two attached hydrogens (primary N) is 1. The Morgan fingerprint density at radius 1 is 1.05 bits per heavy atom. The summed E-state index contributed by atoms with van der Waals surface area (Å²) in [6.07, 6.45) is 1.94. The minimum atomic E-state index is 0.737. The van der Waals surface area contributed by atoms with Gasteiger partial charge < -0.3 is 15.7 Å². The van der Waals surface area contributed by atoms with E-state index in [0.717, 1.165) is 33.6 Å². The Morgan fingerprint density at radius 3 is 2.95 bits per heavy atom. The van der Waals surface area contributed by atoms with Crippen LogP contribution in [-0.2, 0) is 0 Å². The number of fused-ring (bicyclic) bond motifs is 2. The normalized spacial score (nSPS) is 11.4. The van der Waals surface area contributed by atoms with E-state index in [0.29, 0.717) is 0 Å². The molecule has 0 fully saturated rings. The largest absolute Gasteiger partial charge is 0.399 e. The van der Waals surface area contributed by atoms with Crippen molar-refractivity contribution < 1.29 is 0 Å². The fourth-order valence-corrected chi connectivity index (χ4v) is 2.44. The van der Waals surface area contributed by atoms with Gasteiger partial charge in [0.05, 0.1) is 16.6 Å². The third-order valence-corrected chi connectivity index (χ3v) is 3.35. The lowest BCUT2D eigenvalue weighted by atomic mass is 10.1. The molecule has 4 heteroatoms. The number of aromatic nitrogens is 3.